The number of amides is 14. The number of nitrogens with one attached hydrogen (secondary N) is 4. The Kier molecular flexibility index (Phi) is 35.7. The van der Waals surface area contributed by atoms with Crippen molar-refractivity contribution in [2.24, 2.45) is 28.6 Å². The number of hydrogen-bond donors (Lipinski definition) is 5. The number of thioether (sulfide) groups is 1. The topological polar surface area (TPSA) is 529 Å². The number of aliphatic hydroxyl groups excluding tert-OH is 1. The lowest BCUT2D eigenvalue weighted by Crippen LogP contribution is -2.70. The average Bonchev–Trinajstić information content (AvgIpc) is 0.874. The van der Waals surface area contributed by atoms with Gasteiger partial charge in [-0.3, -0.25) is 81.5 Å². The number of alkyl halides is 3. The summed E-state index contributed by atoms with van der Waals surface area (Å²) in [6, 6.07) is -0.475. The van der Waals surface area contributed by atoms with E-state index in [1.807, 2.05) is 0 Å². The maximum atomic E-state index is 17.8. The number of likely N-dealkylation sites (N-methyl/N-ethyl adjacent to an activating group) is 10. The van der Waals surface area contributed by atoms with Gasteiger partial charge in [0.15, 0.2) is 17.1 Å². The number of hydrogen-bond acceptors (Lipinski definition) is 29. The van der Waals surface area contributed by atoms with Crippen molar-refractivity contribution in [1.82, 2.24) is 90.2 Å². The molecule has 4 aliphatic rings. The smallest absolute Gasteiger partial charge is 0.306 e. The van der Waals surface area contributed by atoms with Gasteiger partial charge >= 0.3 is 5.97 Å². The Morgan fingerprint density at radius 2 is 0.916 bits per heavy atom. The van der Waals surface area contributed by atoms with E-state index in [1.54, 1.807) is 19.9 Å². The van der Waals surface area contributed by atoms with Gasteiger partial charge in [-0.05, 0) is 118 Å². The predicted molar refractivity (Wildman–Crippen MR) is 462 cm³/mol. The number of aliphatic hydroxyl groups is 1. The number of ketones is 1. The number of allylic oxidation sites excluding steroid dienone is 4. The second-order valence-corrected chi connectivity index (χ2v) is 38.7. The van der Waals surface area contributed by atoms with E-state index < -0.39 is 291 Å². The SMILES string of the molecule is C[C@H](NC(=O)CN(C)C(=O)CN(C)C(=O)CN(C)C(=O)CN(C)C(=O)CN(C)C(=O)CN(C)C(=O)CN(C)C(=O)CN(C)C(=O)CN(C)C(=O)CN(C)C(=O)c1cc(-c2cnc(S(C)(=O)=O)nc2)cc(-c2cnc(S(C)(=O)=O)nc2)c1)C(=O)N[C@@H](C)C(=O)N[C@@H](C)C(=O)NCOCCCC(=O)O[C@]1(C(=O)SCF)[C@H](C)C[C@H]2[C@@H]3C[C@H](F)C4=CC(=O)C=C[C@]4(C)[C@@]3(F)[C@@H](O)C[C@@]21C. The van der Waals surface area contributed by atoms with Crippen LogP contribution in [-0.2, 0) is 106 Å². The third kappa shape index (κ3) is 25.5. The van der Waals surface area contributed by atoms with Crippen LogP contribution in [0.3, 0.4) is 0 Å². The number of esters is 1. The molecule has 0 saturated heterocycles. The molecular weight excluding hydrogens is 1790 g/mol. The summed E-state index contributed by atoms with van der Waals surface area (Å²) in [5, 5.41) is 19.7. The normalized spacial score (nSPS) is 21.3. The highest BCUT2D eigenvalue weighted by Gasteiger charge is 2.78. The summed E-state index contributed by atoms with van der Waals surface area (Å²) in [5.41, 5.74) is -6.65. The highest BCUT2D eigenvalue weighted by molar-refractivity contribution is 8.13. The zero-order chi connectivity index (χ0) is 98.4. The van der Waals surface area contributed by atoms with Gasteiger partial charge < -0.3 is 84.8 Å². The van der Waals surface area contributed by atoms with Crippen LogP contribution in [0.25, 0.3) is 22.3 Å². The first-order valence-corrected chi connectivity index (χ1v) is 45.9. The molecule has 0 aliphatic heterocycles. The standard InChI is InChI=1S/C83H113F3N18O24S3/c1-47-24-57-58-29-60(85)59-28-56(105)21-22-80(59,5)82(58,86)61(106)30-81(57,6)83(47,77(122)129-45-84)128-72(117)20-19-23-127-46-91-73(118)48(2)93-75(120)50(4)94-74(119)49(3)92-62(107)35-95(7)63(108)36-96(8)64(109)37-97(9)65(110)38-98(10)66(111)39-99(11)67(112)40-100(12)68(113)41-101(13)69(114)42-102(14)70(115)43-103(15)71(116)44-104(16)76(121)53-26-51(54-31-87-78(88-32-54)130(17,123)124)25-52(27-53)55-33-89-79(90-34-55)131(18,125)126/h21-22,25-28,31-34,47-50,57-58,60-61,106H,19-20,23-24,29-30,35-46H2,1-18H3,(H,91,118)(H,92,107)(H,93,120)(H,94,119)/t47-,48+,49+,50+,57+,58+,60+,61+,80+,81+,82+,83+/m1/s1. The molecule has 14 amide bonds. The largest absolute Gasteiger partial charge is 0.449 e. The van der Waals surface area contributed by atoms with Crippen molar-refractivity contribution in [2.45, 2.75) is 126 Å². The number of carbonyl (C=O) groups excluding carboxylic acids is 17. The van der Waals surface area contributed by atoms with E-state index >= 15 is 8.78 Å². The van der Waals surface area contributed by atoms with E-state index in [9.17, 15) is 108 Å². The van der Waals surface area contributed by atoms with Crippen molar-refractivity contribution in [3.05, 3.63) is 72.4 Å². The minimum atomic E-state index is -3.78. The molecule has 2 heterocycles. The van der Waals surface area contributed by atoms with Gasteiger partial charge in [0.25, 0.3) is 5.91 Å². The molecule has 4 aliphatic carbocycles. The van der Waals surface area contributed by atoms with Crippen LogP contribution >= 0.6 is 11.8 Å². The van der Waals surface area contributed by atoms with E-state index in [-0.39, 0.29) is 59.9 Å². The Bertz CT molecular complexity index is 5140. The molecular formula is C83H113F3N18O24S3. The molecule has 5 N–H and O–H groups in total. The number of fused-ring (bicyclic) bond motifs is 5. The Morgan fingerprint density at radius 3 is 1.31 bits per heavy atom. The van der Waals surface area contributed by atoms with Crippen LogP contribution in [0, 0.1) is 28.6 Å². The molecule has 0 bridgehead atoms. The summed E-state index contributed by atoms with van der Waals surface area (Å²) < 4.78 is 108. The molecule has 48 heteroatoms. The molecule has 3 aromatic rings. The van der Waals surface area contributed by atoms with Gasteiger partial charge in [-0.15, -0.1) is 0 Å². The van der Waals surface area contributed by atoms with Gasteiger partial charge in [0.1, 0.15) is 37.0 Å². The number of aromatic nitrogens is 4. The van der Waals surface area contributed by atoms with Crippen LogP contribution < -0.4 is 21.3 Å². The Balaban J connectivity index is 0.750. The quantitative estimate of drug-likeness (QED) is 0.0178. The number of sulfone groups is 2. The Morgan fingerprint density at radius 1 is 0.542 bits per heavy atom. The molecule has 7 rings (SSSR count). The summed E-state index contributed by atoms with van der Waals surface area (Å²) in [5.74, 6) is -14.7. The van der Waals surface area contributed by atoms with Gasteiger partial charge in [-0.1, -0.05) is 19.9 Å². The van der Waals surface area contributed by atoms with E-state index in [4.69, 9.17) is 9.47 Å². The summed E-state index contributed by atoms with van der Waals surface area (Å²) in [7, 11) is 5.11. The molecule has 0 unspecified atom stereocenters. The van der Waals surface area contributed by atoms with Crippen molar-refractivity contribution in [3.63, 3.8) is 0 Å². The van der Waals surface area contributed by atoms with Gasteiger partial charge in [0.2, 0.25) is 112 Å². The Labute approximate surface area is 760 Å². The van der Waals surface area contributed by atoms with Gasteiger partial charge in [0.05, 0.1) is 71.6 Å². The molecule has 3 fully saturated rings. The van der Waals surface area contributed by atoms with Crippen LogP contribution in [0.2, 0.25) is 0 Å². The molecule has 0 spiro atoms. The van der Waals surface area contributed by atoms with Crippen LogP contribution in [0.1, 0.15) is 84.0 Å². The second kappa shape index (κ2) is 44.0. The first kappa shape index (κ1) is 106. The molecule has 1 aromatic carbocycles. The molecule has 131 heavy (non-hydrogen) atoms. The van der Waals surface area contributed by atoms with Crippen molar-refractivity contribution >= 4 is 131 Å². The summed E-state index contributed by atoms with van der Waals surface area (Å²) in [6.07, 6.45) is 5.47. The zero-order valence-corrected chi connectivity index (χ0v) is 78.5. The summed E-state index contributed by atoms with van der Waals surface area (Å²) in [6.45, 7) is 2.26. The lowest BCUT2D eigenvalue weighted by molar-refractivity contribution is -0.228. The fourth-order valence-corrected chi connectivity index (χ4v) is 17.8. The molecule has 2 aromatic heterocycles. The molecule has 718 valence electrons. The fraction of sp³-hybridized carbons (Fsp3) is 0.578. The molecule has 0 radical (unpaired) electrons. The maximum Gasteiger partial charge on any atom is 0.306 e. The van der Waals surface area contributed by atoms with Crippen molar-refractivity contribution in [3.8, 4) is 22.3 Å². The monoisotopic (exact) mass is 1900 g/mol. The van der Waals surface area contributed by atoms with Crippen LogP contribution in [-0.4, -0.2) is 400 Å². The van der Waals surface area contributed by atoms with Crippen LogP contribution in [0.15, 0.2) is 77.1 Å². The van der Waals surface area contributed by atoms with Crippen molar-refractivity contribution < 1.29 is 126 Å². The van der Waals surface area contributed by atoms with E-state index in [0.717, 1.165) is 73.7 Å². The first-order valence-electron chi connectivity index (χ1n) is 41.2. The van der Waals surface area contributed by atoms with E-state index in [0.29, 0.717) is 11.1 Å². The number of ether oxygens (including phenoxy) is 2. The molecule has 3 saturated carbocycles. The molecule has 12 atom stereocenters. The van der Waals surface area contributed by atoms with Crippen molar-refractivity contribution in [2.75, 3.05) is 168 Å². The third-order valence-corrected chi connectivity index (χ3v) is 26.3. The number of rotatable bonds is 40. The zero-order valence-electron chi connectivity index (χ0n) is 76.1. The van der Waals surface area contributed by atoms with Crippen LogP contribution in [0.4, 0.5) is 13.2 Å². The highest BCUT2D eigenvalue weighted by Crippen LogP contribution is 2.72. The van der Waals surface area contributed by atoms with Gasteiger partial charge in [-0.2, -0.15) is 0 Å². The second-order valence-electron chi connectivity index (χ2n) is 34.0. The number of carbonyl (C=O) groups is 17. The lowest BCUT2D eigenvalue weighted by Gasteiger charge is -2.63. The third-order valence-electron chi connectivity index (χ3n) is 23.9. The van der Waals surface area contributed by atoms with Crippen LogP contribution in [0.5, 0.6) is 0 Å². The van der Waals surface area contributed by atoms with E-state index in [2.05, 4.69) is 41.2 Å². The van der Waals surface area contributed by atoms with Gasteiger partial charge in [-0.25, -0.2) is 49.9 Å². The molecule has 42 nitrogen and oxygen atoms in total. The number of halogens is 3. The van der Waals surface area contributed by atoms with E-state index in [1.165, 1.54) is 141 Å². The number of nitrogens with zero attached hydrogens (tertiary/aromatic N) is 14. The first-order chi connectivity index (χ1) is 60.9. The maximum absolute atomic E-state index is 17.8. The summed E-state index contributed by atoms with van der Waals surface area (Å²) in [4.78, 5) is 251. The van der Waals surface area contributed by atoms with Crippen molar-refractivity contribution in [1.29, 1.82) is 0 Å². The highest BCUT2D eigenvalue weighted by atomic mass is 32.2. The Hall–Kier alpha value is -11.8. The summed E-state index contributed by atoms with van der Waals surface area (Å²) >= 11 is 0.267. The minimum Gasteiger partial charge on any atom is -0.449 e. The fourth-order valence-electron chi connectivity index (χ4n) is 16.0. The average molecular weight is 1900 g/mol. The predicted octanol–water partition coefficient (Wildman–Crippen LogP) is -1.98. The number of benzene rings is 1. The minimum absolute atomic E-state index is 0.00306. The lowest BCUT2D eigenvalue weighted by atomic mass is 9.44. The van der Waals surface area contributed by atoms with Gasteiger partial charge in [0, 0.05) is 160 Å².